The zero-order valence-corrected chi connectivity index (χ0v) is 59.5. The molecule has 2 rings (SSSR count). The molecule has 10 amide bonds. The molecule has 1 aromatic carbocycles. The highest BCUT2D eigenvalue weighted by atomic mass is 16.3. The molecule has 6 N–H and O–H groups in total. The number of nitrogens with zero attached hydrogens (tertiary/aromatic N) is 7. The van der Waals surface area contributed by atoms with E-state index in [2.05, 4.69) is 21.3 Å². The van der Waals surface area contributed by atoms with E-state index >= 15 is 14.4 Å². The molecule has 13 atom stereocenters. The summed E-state index contributed by atoms with van der Waals surface area (Å²) in [7, 11) is 10.4. The number of aromatic hydroxyl groups is 1. The van der Waals surface area contributed by atoms with Gasteiger partial charge in [-0.25, -0.2) is 0 Å². The highest BCUT2D eigenvalue weighted by Crippen LogP contribution is 2.27. The third-order valence-electron chi connectivity index (χ3n) is 17.5. The number of amides is 10. The Hall–Kier alpha value is -6.62. The largest absolute Gasteiger partial charge is 0.508 e. The van der Waals surface area contributed by atoms with Crippen LogP contribution in [0, 0.1) is 41.4 Å². The molecule has 1 fully saturated rings. The van der Waals surface area contributed by atoms with Gasteiger partial charge in [0.2, 0.25) is 59.1 Å². The summed E-state index contributed by atoms with van der Waals surface area (Å²) in [5.41, 5.74) is 0.810. The second kappa shape index (κ2) is 36.6. The maximum Gasteiger partial charge on any atom is 0.245 e. The predicted molar refractivity (Wildman–Crippen MR) is 355 cm³/mol. The Morgan fingerprint density at radius 3 is 1.42 bits per heavy atom. The predicted octanol–water partition coefficient (Wildman–Crippen LogP) is 4.97. The summed E-state index contributed by atoms with van der Waals surface area (Å²) >= 11 is 0. The number of aliphatic hydroxyl groups is 1. The number of carbonyl (C=O) groups is 10. The number of aliphatic hydroxyl groups excluding tert-OH is 1. The minimum atomic E-state index is -1.24. The van der Waals surface area contributed by atoms with Crippen LogP contribution in [0.1, 0.15) is 162 Å². The lowest BCUT2D eigenvalue weighted by molar-refractivity contribution is -0.156. The molecule has 0 aromatic heterocycles. The molecular weight excluding hydrogens is 1160 g/mol. The van der Waals surface area contributed by atoms with E-state index in [1.54, 1.807) is 72.9 Å². The van der Waals surface area contributed by atoms with Gasteiger partial charge in [0.05, 0.1) is 24.7 Å². The first-order valence-electron chi connectivity index (χ1n) is 32.8. The summed E-state index contributed by atoms with van der Waals surface area (Å²) < 4.78 is 0. The van der Waals surface area contributed by atoms with Gasteiger partial charge in [0.1, 0.15) is 54.1 Å². The van der Waals surface area contributed by atoms with E-state index in [0.717, 1.165) is 5.56 Å². The molecule has 516 valence electrons. The smallest absolute Gasteiger partial charge is 0.245 e. The Kier molecular flexibility index (Phi) is 32.3. The topological polar surface area (TPSA) is 282 Å². The average Bonchev–Trinajstić information content (AvgIpc) is 0.937. The van der Waals surface area contributed by atoms with Gasteiger partial charge in [-0.15, -0.1) is 0 Å². The van der Waals surface area contributed by atoms with Gasteiger partial charge in [-0.05, 0) is 118 Å². The third kappa shape index (κ3) is 22.9. The molecule has 23 nitrogen and oxygen atoms in total. The van der Waals surface area contributed by atoms with Crippen molar-refractivity contribution in [1.82, 2.24) is 55.6 Å². The van der Waals surface area contributed by atoms with E-state index in [-0.39, 0.29) is 61.5 Å². The number of allylic oxidation sites excluding steroid dienone is 1. The number of rotatable bonds is 16. The SMILES string of the molecule is CC[C@@H]1NC(C)[C@H]([C@H](O)[C@H](C)CC=Cc2ccc(O)cc2)N(C)C(=O)[C@H](C(C)C)N(C)C(=O)[C@H](CC(C)C)N(C)C(=O)[C@H](CC(C)C)N(C)C(=O)[C@@H](C)NC(=O)[C@H](C)NC(=O)[C@H](CC(C)C)N(C)C(=O)[C@H](C(C)C)NC(=O)[C@H](CC(C)C)N(C)C(=O)CN(C)C1=O. The van der Waals surface area contributed by atoms with Crippen LogP contribution in [0.15, 0.2) is 30.3 Å². The second-order valence-electron chi connectivity index (χ2n) is 28.0. The van der Waals surface area contributed by atoms with Crippen LogP contribution in [0.5, 0.6) is 5.75 Å². The van der Waals surface area contributed by atoms with Crippen molar-refractivity contribution in [1.29, 1.82) is 0 Å². The Labute approximate surface area is 544 Å². The van der Waals surface area contributed by atoms with Gasteiger partial charge in [-0.2, -0.15) is 0 Å². The fraction of sp³-hybridized carbons (Fsp3) is 0.735. The molecule has 0 saturated carbocycles. The van der Waals surface area contributed by atoms with E-state index < -0.39 is 156 Å². The van der Waals surface area contributed by atoms with Crippen LogP contribution < -0.4 is 21.3 Å². The van der Waals surface area contributed by atoms with E-state index in [1.165, 1.54) is 90.4 Å². The molecule has 0 bridgehead atoms. The van der Waals surface area contributed by atoms with Gasteiger partial charge >= 0.3 is 0 Å². The van der Waals surface area contributed by atoms with Crippen molar-refractivity contribution in [2.24, 2.45) is 41.4 Å². The van der Waals surface area contributed by atoms with Crippen LogP contribution in [0.25, 0.3) is 6.08 Å². The molecule has 0 aliphatic carbocycles. The number of carbonyl (C=O) groups excluding carboxylic acids is 10. The number of likely N-dealkylation sites (N-methyl/N-ethyl adjacent to an activating group) is 7. The lowest BCUT2D eigenvalue weighted by atomic mass is 9.88. The van der Waals surface area contributed by atoms with Crippen molar-refractivity contribution in [3.8, 4) is 5.75 Å². The van der Waals surface area contributed by atoms with Crippen LogP contribution in [0.2, 0.25) is 0 Å². The van der Waals surface area contributed by atoms with E-state index in [9.17, 15) is 43.8 Å². The number of hydrogen-bond donors (Lipinski definition) is 6. The minimum absolute atomic E-state index is 0.111. The molecule has 0 spiro atoms. The summed E-state index contributed by atoms with van der Waals surface area (Å²) in [4.78, 5) is 156. The van der Waals surface area contributed by atoms with E-state index in [4.69, 9.17) is 0 Å². The summed E-state index contributed by atoms with van der Waals surface area (Å²) in [6.07, 6.45) is 3.76. The number of nitrogens with one attached hydrogen (secondary N) is 4. The monoisotopic (exact) mass is 1280 g/mol. The zero-order chi connectivity index (χ0) is 70.0. The van der Waals surface area contributed by atoms with Crippen LogP contribution in [-0.4, -0.2) is 232 Å². The normalized spacial score (nSPS) is 26.8. The first kappa shape index (κ1) is 80.5. The van der Waals surface area contributed by atoms with Gasteiger partial charge in [-0.3, -0.25) is 47.9 Å². The summed E-state index contributed by atoms with van der Waals surface area (Å²) in [5.74, 6) is -7.83. The van der Waals surface area contributed by atoms with Crippen molar-refractivity contribution in [2.75, 3.05) is 55.9 Å². The van der Waals surface area contributed by atoms with Crippen molar-refractivity contribution in [3.63, 3.8) is 0 Å². The Bertz CT molecular complexity index is 2630. The van der Waals surface area contributed by atoms with Crippen molar-refractivity contribution in [3.05, 3.63) is 35.9 Å². The number of hydrogen-bond acceptors (Lipinski definition) is 13. The van der Waals surface area contributed by atoms with Crippen LogP contribution in [0.4, 0.5) is 0 Å². The van der Waals surface area contributed by atoms with Gasteiger partial charge in [0, 0.05) is 55.4 Å². The number of phenols is 1. The molecule has 1 aromatic rings. The molecule has 1 unspecified atom stereocenters. The Morgan fingerprint density at radius 2 is 0.945 bits per heavy atom. The molecule has 0 radical (unpaired) electrons. The fourth-order valence-corrected chi connectivity index (χ4v) is 11.9. The molecule has 91 heavy (non-hydrogen) atoms. The van der Waals surface area contributed by atoms with Crippen molar-refractivity contribution in [2.45, 2.75) is 229 Å². The minimum Gasteiger partial charge on any atom is -0.508 e. The van der Waals surface area contributed by atoms with Crippen LogP contribution >= 0.6 is 0 Å². The van der Waals surface area contributed by atoms with Gasteiger partial charge in [0.15, 0.2) is 0 Å². The summed E-state index contributed by atoms with van der Waals surface area (Å²) in [6.45, 7) is 30.0. The zero-order valence-electron chi connectivity index (χ0n) is 59.5. The number of phenolic OH excluding ortho intramolecular Hbond substituents is 1. The standard InChI is InChI=1S/C68H117N11O12/c1-25-50-64(87)73(18)37-55(81)74(19)51(33-38(2)3)62(85)72-56(42(10)11)67(90)75(20)52(34-39(4)5)61(84)70-46(16)60(83)71-47(17)63(86)76(21)53(35-40(6)7)65(88)77(22)54(36-41(8)9)66(89)78(23)57(43(12)13)68(91)79(24)58(45(15)69-50)59(82)44(14)27-26-28-48-29-31-49(80)32-30-48/h26,28-32,38-47,50-54,56-59,69,80,82H,25,27,33-37H2,1-24H3,(H,70,84)(H,71,83)(H,72,85)/t44-,45?,46+,47-,50+,51+,52+,53+,54+,56+,57+,58-,59-/m1/s1. The molecule has 1 aliphatic rings. The van der Waals surface area contributed by atoms with Crippen LogP contribution in [-0.2, 0) is 47.9 Å². The second-order valence-corrected chi connectivity index (χ2v) is 28.0. The number of benzene rings is 1. The van der Waals surface area contributed by atoms with Gasteiger partial charge in [-0.1, -0.05) is 121 Å². The molecule has 1 heterocycles. The highest BCUT2D eigenvalue weighted by Gasteiger charge is 2.45. The lowest BCUT2D eigenvalue weighted by Crippen LogP contribution is -2.64. The average molecular weight is 1280 g/mol. The maximum atomic E-state index is 15.5. The summed E-state index contributed by atoms with van der Waals surface area (Å²) in [5, 5.41) is 34.2. The van der Waals surface area contributed by atoms with Gasteiger partial charge in [0.25, 0.3) is 0 Å². The quantitative estimate of drug-likeness (QED) is 0.128. The van der Waals surface area contributed by atoms with Crippen molar-refractivity contribution < 1.29 is 58.2 Å². The molecular formula is C68H117N11O12. The Balaban J connectivity index is 2.99. The summed E-state index contributed by atoms with van der Waals surface area (Å²) in [6, 6.07) is -5.41. The van der Waals surface area contributed by atoms with Crippen molar-refractivity contribution >= 4 is 65.1 Å². The first-order chi connectivity index (χ1) is 42.1. The molecule has 1 aliphatic heterocycles. The van der Waals surface area contributed by atoms with E-state index in [1.807, 2.05) is 74.5 Å². The fourth-order valence-electron chi connectivity index (χ4n) is 11.9. The molecule has 23 heteroatoms. The van der Waals surface area contributed by atoms with Crippen LogP contribution in [0.3, 0.4) is 0 Å². The molecule has 1 saturated heterocycles. The maximum absolute atomic E-state index is 15.5. The third-order valence-corrected chi connectivity index (χ3v) is 17.5. The van der Waals surface area contributed by atoms with Gasteiger partial charge < -0.3 is 65.8 Å². The van der Waals surface area contributed by atoms with E-state index in [0.29, 0.717) is 6.42 Å². The lowest BCUT2D eigenvalue weighted by Gasteiger charge is -2.44. The Morgan fingerprint density at radius 1 is 0.505 bits per heavy atom. The highest BCUT2D eigenvalue weighted by molar-refractivity contribution is 5.98. The first-order valence-corrected chi connectivity index (χ1v) is 32.8.